The number of alkyl halides is 3. The van der Waals surface area contributed by atoms with Crippen LogP contribution in [-0.4, -0.2) is 23.7 Å². The third-order valence-electron chi connectivity index (χ3n) is 2.78. The van der Waals surface area contributed by atoms with Crippen molar-refractivity contribution < 1.29 is 22.7 Å². The van der Waals surface area contributed by atoms with E-state index in [4.69, 9.17) is 0 Å². The number of esters is 1. The monoisotopic (exact) mass is 271 g/mol. The number of H-pyrrole nitrogens is 1. The molecule has 0 amide bonds. The molecule has 1 atom stereocenters. The molecular formula is C13H12F3NO2. The number of carbonyl (C=O) groups excluding carboxylic acids is 1. The van der Waals surface area contributed by atoms with Crippen molar-refractivity contribution in [2.75, 3.05) is 6.61 Å². The van der Waals surface area contributed by atoms with Crippen LogP contribution in [0.3, 0.4) is 0 Å². The molecular weight excluding hydrogens is 259 g/mol. The number of halogens is 3. The first-order valence-corrected chi connectivity index (χ1v) is 5.74. The summed E-state index contributed by atoms with van der Waals surface area (Å²) in [5.41, 5.74) is 0.442. The lowest BCUT2D eigenvalue weighted by molar-refractivity contribution is -0.180. The summed E-state index contributed by atoms with van der Waals surface area (Å²) >= 11 is 0. The molecule has 0 saturated heterocycles. The normalized spacial score (nSPS) is 13.5. The van der Waals surface area contributed by atoms with Gasteiger partial charge in [0, 0.05) is 22.7 Å². The van der Waals surface area contributed by atoms with E-state index in [9.17, 15) is 18.0 Å². The third kappa shape index (κ3) is 2.57. The summed E-state index contributed by atoms with van der Waals surface area (Å²) < 4.78 is 43.7. The Morgan fingerprint density at radius 3 is 2.68 bits per heavy atom. The molecule has 0 fully saturated rings. The lowest BCUT2D eigenvalue weighted by Gasteiger charge is -2.18. The lowest BCUT2D eigenvalue weighted by Crippen LogP contribution is -2.30. The Kier molecular flexibility index (Phi) is 3.50. The zero-order valence-corrected chi connectivity index (χ0v) is 10.1. The average molecular weight is 271 g/mol. The average Bonchev–Trinajstić information content (AvgIpc) is 2.72. The predicted octanol–water partition coefficient (Wildman–Crippen LogP) is 3.38. The topological polar surface area (TPSA) is 42.1 Å². The fourth-order valence-electron chi connectivity index (χ4n) is 2.00. The largest absolute Gasteiger partial charge is 0.465 e. The second kappa shape index (κ2) is 4.95. The maximum atomic E-state index is 13.1. The number of hydrogen-bond acceptors (Lipinski definition) is 2. The van der Waals surface area contributed by atoms with E-state index in [1.54, 1.807) is 24.3 Å². The zero-order chi connectivity index (χ0) is 14.0. The van der Waals surface area contributed by atoms with E-state index in [2.05, 4.69) is 9.72 Å². The van der Waals surface area contributed by atoms with Crippen molar-refractivity contribution >= 4 is 16.9 Å². The van der Waals surface area contributed by atoms with Crippen LogP contribution in [0, 0.1) is 0 Å². The van der Waals surface area contributed by atoms with Crippen molar-refractivity contribution in [2.24, 2.45) is 0 Å². The van der Waals surface area contributed by atoms with Crippen LogP contribution < -0.4 is 0 Å². The quantitative estimate of drug-likeness (QED) is 0.869. The summed E-state index contributed by atoms with van der Waals surface area (Å²) in [6.45, 7) is 1.38. The standard InChI is InChI=1S/C13H12F3NO2/c1-2-19-12(18)11(13(14,15)16)9-7-17-10-6-4-3-5-8(9)10/h3-7,11,17H,2H2,1H3. The number of benzene rings is 1. The van der Waals surface area contributed by atoms with Gasteiger partial charge in [0.05, 0.1) is 6.61 Å². The molecule has 19 heavy (non-hydrogen) atoms. The van der Waals surface area contributed by atoms with Gasteiger partial charge in [-0.3, -0.25) is 4.79 Å². The highest BCUT2D eigenvalue weighted by molar-refractivity contribution is 5.90. The van der Waals surface area contributed by atoms with Gasteiger partial charge in [0.15, 0.2) is 5.92 Å². The maximum absolute atomic E-state index is 13.1. The summed E-state index contributed by atoms with van der Waals surface area (Å²) in [6, 6.07) is 6.52. The second-order valence-electron chi connectivity index (χ2n) is 4.02. The molecule has 1 unspecified atom stereocenters. The number of ether oxygens (including phenoxy) is 1. The first-order chi connectivity index (χ1) is 8.95. The minimum Gasteiger partial charge on any atom is -0.465 e. The summed E-state index contributed by atoms with van der Waals surface area (Å²) in [5, 5.41) is 0.373. The molecule has 3 nitrogen and oxygen atoms in total. The number of fused-ring (bicyclic) bond motifs is 1. The van der Waals surface area contributed by atoms with E-state index in [1.165, 1.54) is 13.1 Å². The molecule has 2 rings (SSSR count). The molecule has 1 heterocycles. The van der Waals surface area contributed by atoms with Gasteiger partial charge in [0.25, 0.3) is 0 Å². The molecule has 6 heteroatoms. The molecule has 1 aromatic carbocycles. The number of aromatic nitrogens is 1. The van der Waals surface area contributed by atoms with Gasteiger partial charge >= 0.3 is 12.1 Å². The number of rotatable bonds is 3. The summed E-state index contributed by atoms with van der Waals surface area (Å²) in [5.74, 6) is -3.54. The molecule has 0 saturated carbocycles. The van der Waals surface area contributed by atoms with Crippen LogP contribution in [0.4, 0.5) is 13.2 Å². The van der Waals surface area contributed by atoms with E-state index in [-0.39, 0.29) is 12.2 Å². The Bertz CT molecular complexity index is 589. The molecule has 102 valence electrons. The van der Waals surface area contributed by atoms with Crippen molar-refractivity contribution in [2.45, 2.75) is 19.0 Å². The first kappa shape index (κ1) is 13.5. The van der Waals surface area contributed by atoms with Gasteiger partial charge in [-0.05, 0) is 13.0 Å². The van der Waals surface area contributed by atoms with Crippen molar-refractivity contribution in [3.05, 3.63) is 36.0 Å². The highest BCUT2D eigenvalue weighted by Crippen LogP contribution is 2.38. The number of carbonyl (C=O) groups is 1. The summed E-state index contributed by atoms with van der Waals surface area (Å²) in [4.78, 5) is 14.3. The second-order valence-corrected chi connectivity index (χ2v) is 4.02. The Hall–Kier alpha value is -1.98. The molecule has 0 aliphatic rings. The minimum absolute atomic E-state index is 0.0895. The maximum Gasteiger partial charge on any atom is 0.406 e. The first-order valence-electron chi connectivity index (χ1n) is 5.74. The predicted molar refractivity (Wildman–Crippen MR) is 63.7 cm³/mol. The Morgan fingerprint density at radius 2 is 2.05 bits per heavy atom. The molecule has 1 N–H and O–H groups in total. The van der Waals surface area contributed by atoms with Crippen LogP contribution in [0.15, 0.2) is 30.5 Å². The molecule has 0 bridgehead atoms. The van der Waals surface area contributed by atoms with Crippen molar-refractivity contribution in [1.82, 2.24) is 4.98 Å². The molecule has 0 radical (unpaired) electrons. The van der Waals surface area contributed by atoms with Crippen LogP contribution in [0.25, 0.3) is 10.9 Å². The number of hydrogen-bond donors (Lipinski definition) is 1. The molecule has 0 spiro atoms. The van der Waals surface area contributed by atoms with E-state index >= 15 is 0 Å². The third-order valence-corrected chi connectivity index (χ3v) is 2.78. The minimum atomic E-state index is -4.68. The summed E-state index contributed by atoms with van der Waals surface area (Å²) in [6.07, 6.45) is -3.48. The van der Waals surface area contributed by atoms with E-state index in [0.717, 1.165) is 0 Å². The lowest BCUT2D eigenvalue weighted by atomic mass is 9.98. The molecule has 2 aromatic rings. The van der Waals surface area contributed by atoms with Crippen molar-refractivity contribution in [1.29, 1.82) is 0 Å². The highest BCUT2D eigenvalue weighted by atomic mass is 19.4. The van der Waals surface area contributed by atoms with Gasteiger partial charge in [0.2, 0.25) is 0 Å². The number of aromatic amines is 1. The van der Waals surface area contributed by atoms with Crippen LogP contribution in [0.5, 0.6) is 0 Å². The highest BCUT2D eigenvalue weighted by Gasteiger charge is 2.48. The SMILES string of the molecule is CCOC(=O)C(c1c[nH]c2ccccc12)C(F)(F)F. The van der Waals surface area contributed by atoms with E-state index in [0.29, 0.717) is 10.9 Å². The fraction of sp³-hybridized carbons (Fsp3) is 0.308. The zero-order valence-electron chi connectivity index (χ0n) is 10.1. The van der Waals surface area contributed by atoms with Crippen LogP contribution in [0.2, 0.25) is 0 Å². The van der Waals surface area contributed by atoms with Gasteiger partial charge in [-0.15, -0.1) is 0 Å². The smallest absolute Gasteiger partial charge is 0.406 e. The van der Waals surface area contributed by atoms with Crippen LogP contribution in [0.1, 0.15) is 18.4 Å². The summed E-state index contributed by atoms with van der Waals surface area (Å²) in [7, 11) is 0. The number of nitrogens with one attached hydrogen (secondary N) is 1. The molecule has 1 aromatic heterocycles. The van der Waals surface area contributed by atoms with E-state index in [1.807, 2.05) is 0 Å². The number of para-hydroxylation sites is 1. The van der Waals surface area contributed by atoms with Crippen LogP contribution in [-0.2, 0) is 9.53 Å². The van der Waals surface area contributed by atoms with Gasteiger partial charge in [-0.2, -0.15) is 13.2 Å². The molecule has 0 aliphatic heterocycles. The van der Waals surface area contributed by atoms with Crippen molar-refractivity contribution in [3.63, 3.8) is 0 Å². The Labute approximate surface area is 107 Å². The Balaban J connectivity index is 2.52. The fourth-order valence-corrected chi connectivity index (χ4v) is 2.00. The molecule has 0 aliphatic carbocycles. The van der Waals surface area contributed by atoms with E-state index < -0.39 is 18.1 Å². The van der Waals surface area contributed by atoms with Gasteiger partial charge < -0.3 is 9.72 Å². The van der Waals surface area contributed by atoms with Gasteiger partial charge in [0.1, 0.15) is 0 Å². The van der Waals surface area contributed by atoms with Crippen molar-refractivity contribution in [3.8, 4) is 0 Å². The Morgan fingerprint density at radius 1 is 1.37 bits per heavy atom. The van der Waals surface area contributed by atoms with Gasteiger partial charge in [-0.1, -0.05) is 18.2 Å². The van der Waals surface area contributed by atoms with Crippen LogP contribution >= 0.6 is 0 Å². The van der Waals surface area contributed by atoms with Gasteiger partial charge in [-0.25, -0.2) is 0 Å².